The maximum atomic E-state index is 13.8. The number of amides is 1. The van der Waals surface area contributed by atoms with Gasteiger partial charge in [-0.25, -0.2) is 9.37 Å². The summed E-state index contributed by atoms with van der Waals surface area (Å²) in [5, 5.41) is 10.5. The summed E-state index contributed by atoms with van der Waals surface area (Å²) in [5.74, 6) is -0.783. The van der Waals surface area contributed by atoms with Crippen molar-refractivity contribution < 1.29 is 22.4 Å². The van der Waals surface area contributed by atoms with Crippen LogP contribution in [0.5, 0.6) is 0 Å². The van der Waals surface area contributed by atoms with Gasteiger partial charge in [0.15, 0.2) is 0 Å². The Balaban J connectivity index is 1.53. The molecule has 6 nitrogen and oxygen atoms in total. The van der Waals surface area contributed by atoms with E-state index in [1.54, 1.807) is 16.9 Å². The highest BCUT2D eigenvalue weighted by Gasteiger charge is 2.34. The molecule has 10 heteroatoms. The van der Waals surface area contributed by atoms with Gasteiger partial charge in [0.2, 0.25) is 0 Å². The predicted molar refractivity (Wildman–Crippen MR) is 112 cm³/mol. The van der Waals surface area contributed by atoms with Crippen molar-refractivity contribution in [2.75, 3.05) is 5.32 Å². The van der Waals surface area contributed by atoms with Crippen molar-refractivity contribution in [1.29, 1.82) is 0 Å². The van der Waals surface area contributed by atoms with E-state index in [1.807, 2.05) is 6.92 Å². The minimum atomic E-state index is -4.62. The van der Waals surface area contributed by atoms with Crippen LogP contribution in [0, 0.1) is 5.82 Å². The molecule has 0 radical (unpaired) electrons. The number of halogens is 4. The zero-order valence-electron chi connectivity index (χ0n) is 17.4. The van der Waals surface area contributed by atoms with E-state index in [1.165, 1.54) is 12.1 Å². The number of anilines is 1. The van der Waals surface area contributed by atoms with Gasteiger partial charge in [-0.1, -0.05) is 0 Å². The van der Waals surface area contributed by atoms with Crippen molar-refractivity contribution in [3.8, 4) is 0 Å². The van der Waals surface area contributed by atoms with E-state index in [4.69, 9.17) is 0 Å². The molecule has 170 valence electrons. The van der Waals surface area contributed by atoms with Gasteiger partial charge in [-0.3, -0.25) is 9.48 Å². The quantitative estimate of drug-likeness (QED) is 0.551. The highest BCUT2D eigenvalue weighted by molar-refractivity contribution is 5.93. The fourth-order valence-corrected chi connectivity index (χ4v) is 4.17. The number of benzene rings is 1. The molecule has 2 atom stereocenters. The lowest BCUT2D eigenvalue weighted by Gasteiger charge is -2.31. The highest BCUT2D eigenvalue weighted by atomic mass is 19.4. The number of alkyl halides is 3. The van der Waals surface area contributed by atoms with Crippen LogP contribution in [0.25, 0.3) is 10.9 Å². The van der Waals surface area contributed by atoms with Crippen molar-refractivity contribution >= 4 is 22.5 Å². The molecule has 2 heterocycles. The van der Waals surface area contributed by atoms with Crippen LogP contribution < -0.4 is 10.6 Å². The van der Waals surface area contributed by atoms with Crippen LogP contribution in [0.2, 0.25) is 0 Å². The molecule has 1 saturated carbocycles. The second kappa shape index (κ2) is 8.76. The van der Waals surface area contributed by atoms with Gasteiger partial charge in [-0.15, -0.1) is 0 Å². The van der Waals surface area contributed by atoms with Gasteiger partial charge in [-0.05, 0) is 62.9 Å². The van der Waals surface area contributed by atoms with Gasteiger partial charge in [-0.2, -0.15) is 18.3 Å². The summed E-state index contributed by atoms with van der Waals surface area (Å²) in [4.78, 5) is 16.3. The van der Waals surface area contributed by atoms with Crippen molar-refractivity contribution in [3.05, 3.63) is 53.7 Å². The van der Waals surface area contributed by atoms with Gasteiger partial charge >= 0.3 is 6.18 Å². The van der Waals surface area contributed by atoms with Crippen LogP contribution in [0.15, 0.2) is 36.5 Å². The van der Waals surface area contributed by atoms with E-state index in [0.29, 0.717) is 18.7 Å². The lowest BCUT2D eigenvalue weighted by Crippen LogP contribution is -2.42. The molecule has 2 aromatic heterocycles. The monoisotopic (exact) mass is 449 g/mol. The maximum absolute atomic E-state index is 13.8. The second-order valence-electron chi connectivity index (χ2n) is 7.92. The van der Waals surface area contributed by atoms with Crippen LogP contribution in [-0.4, -0.2) is 32.8 Å². The van der Waals surface area contributed by atoms with Gasteiger partial charge in [0.1, 0.15) is 17.2 Å². The molecule has 4 rings (SSSR count). The van der Waals surface area contributed by atoms with Crippen LogP contribution in [0.4, 0.5) is 23.2 Å². The van der Waals surface area contributed by atoms with Gasteiger partial charge < -0.3 is 10.6 Å². The number of aromatic nitrogens is 3. The molecule has 0 saturated heterocycles. The third-order valence-electron chi connectivity index (χ3n) is 5.68. The van der Waals surface area contributed by atoms with E-state index in [0.717, 1.165) is 31.4 Å². The minimum Gasteiger partial charge on any atom is -0.382 e. The summed E-state index contributed by atoms with van der Waals surface area (Å²) in [5.41, 5.74) is -0.319. The first-order valence-corrected chi connectivity index (χ1v) is 10.5. The molecule has 1 aromatic carbocycles. The summed E-state index contributed by atoms with van der Waals surface area (Å²) < 4.78 is 55.4. The SMILES string of the molecule is CCn1nccc1C(=O)N[C@@H]1CCC[C@H](Nc2cc(C(F)(F)F)nc3ccc(F)cc23)C1. The maximum Gasteiger partial charge on any atom is 0.433 e. The molecule has 1 aliphatic carbocycles. The molecule has 1 fully saturated rings. The van der Waals surface area contributed by atoms with E-state index in [2.05, 4.69) is 20.7 Å². The lowest BCUT2D eigenvalue weighted by atomic mass is 9.90. The predicted octanol–water partition coefficient (Wildman–Crippen LogP) is 4.76. The normalized spacial score (nSPS) is 19.2. The number of pyridine rings is 1. The van der Waals surface area contributed by atoms with Crippen molar-refractivity contribution in [1.82, 2.24) is 20.1 Å². The smallest absolute Gasteiger partial charge is 0.382 e. The summed E-state index contributed by atoms with van der Waals surface area (Å²) in [6.07, 6.45) is -0.241. The van der Waals surface area contributed by atoms with E-state index >= 15 is 0 Å². The Morgan fingerprint density at radius 2 is 1.97 bits per heavy atom. The number of fused-ring (bicyclic) bond motifs is 1. The number of hydrogen-bond acceptors (Lipinski definition) is 4. The van der Waals surface area contributed by atoms with E-state index in [9.17, 15) is 22.4 Å². The molecule has 0 bridgehead atoms. The first kappa shape index (κ1) is 22.0. The largest absolute Gasteiger partial charge is 0.433 e. The first-order chi connectivity index (χ1) is 15.2. The molecule has 0 unspecified atom stereocenters. The Morgan fingerprint density at radius 3 is 2.72 bits per heavy atom. The molecular weight excluding hydrogens is 426 g/mol. The van der Waals surface area contributed by atoms with Crippen LogP contribution in [-0.2, 0) is 12.7 Å². The topological polar surface area (TPSA) is 71.8 Å². The third-order valence-corrected chi connectivity index (χ3v) is 5.68. The zero-order chi connectivity index (χ0) is 22.9. The number of rotatable bonds is 5. The first-order valence-electron chi connectivity index (χ1n) is 10.5. The summed E-state index contributed by atoms with van der Waals surface area (Å²) in [6, 6.07) is 5.76. The molecular formula is C22H23F4N5O. The number of nitrogens with zero attached hydrogens (tertiary/aromatic N) is 3. The Morgan fingerprint density at radius 1 is 1.19 bits per heavy atom. The Labute approximate surface area is 182 Å². The van der Waals surface area contributed by atoms with E-state index < -0.39 is 17.7 Å². The summed E-state index contributed by atoms with van der Waals surface area (Å²) in [6.45, 7) is 2.46. The van der Waals surface area contributed by atoms with Crippen LogP contribution >= 0.6 is 0 Å². The molecule has 0 spiro atoms. The Kier molecular flexibility index (Phi) is 6.03. The van der Waals surface area contributed by atoms with Crippen LogP contribution in [0.1, 0.15) is 48.8 Å². The fraction of sp³-hybridized carbons (Fsp3) is 0.409. The summed E-state index contributed by atoms with van der Waals surface area (Å²) in [7, 11) is 0. The van der Waals surface area contributed by atoms with Gasteiger partial charge in [0.25, 0.3) is 5.91 Å². The highest BCUT2D eigenvalue weighted by Crippen LogP contribution is 2.34. The lowest BCUT2D eigenvalue weighted by molar-refractivity contribution is -0.140. The molecule has 2 N–H and O–H groups in total. The Bertz CT molecular complexity index is 1130. The van der Waals surface area contributed by atoms with Crippen molar-refractivity contribution in [2.24, 2.45) is 0 Å². The average Bonchev–Trinajstić information content (AvgIpc) is 3.22. The molecule has 1 aliphatic rings. The van der Waals surface area contributed by atoms with Gasteiger partial charge in [0, 0.05) is 35.9 Å². The molecule has 0 aliphatic heterocycles. The second-order valence-corrected chi connectivity index (χ2v) is 7.92. The molecule has 32 heavy (non-hydrogen) atoms. The van der Waals surface area contributed by atoms with Crippen molar-refractivity contribution in [3.63, 3.8) is 0 Å². The molecule has 1 amide bonds. The number of carbonyl (C=O) groups excluding carboxylic acids is 1. The zero-order valence-corrected chi connectivity index (χ0v) is 17.4. The third kappa shape index (κ3) is 4.68. The summed E-state index contributed by atoms with van der Waals surface area (Å²) >= 11 is 0. The standard InChI is InChI=1S/C22H23F4N5O/c1-2-31-19(8-9-27-31)21(32)29-15-5-3-4-14(11-15)28-18-12-20(22(24,25)26)30-17-7-6-13(23)10-16(17)18/h6-10,12,14-15H,2-5,11H2,1H3,(H,28,30)(H,29,32)/t14-,15+/m0/s1. The minimum absolute atomic E-state index is 0.0669. The number of nitrogens with one attached hydrogen (secondary N) is 2. The van der Waals surface area contributed by atoms with E-state index in [-0.39, 0.29) is 34.6 Å². The van der Waals surface area contributed by atoms with Gasteiger partial charge in [0.05, 0.1) is 5.52 Å². The number of hydrogen-bond donors (Lipinski definition) is 2. The van der Waals surface area contributed by atoms with Crippen LogP contribution in [0.3, 0.4) is 0 Å². The Hall–Kier alpha value is -3.17. The molecule has 3 aromatic rings. The fourth-order valence-electron chi connectivity index (χ4n) is 4.17. The number of aryl methyl sites for hydroxylation is 1. The average molecular weight is 449 g/mol. The number of carbonyl (C=O) groups is 1. The van der Waals surface area contributed by atoms with Crippen molar-refractivity contribution in [2.45, 2.75) is 57.4 Å².